The third kappa shape index (κ3) is 2.02. The molecule has 0 atom stereocenters. The van der Waals surface area contributed by atoms with E-state index in [0.29, 0.717) is 0 Å². The molecule has 2 aromatic heterocycles. The number of fused-ring (bicyclic) bond motifs is 3. The maximum absolute atomic E-state index is 5.00. The van der Waals surface area contributed by atoms with Crippen LogP contribution in [0.15, 0.2) is 84.9 Å². The molecule has 0 aliphatic heterocycles. The summed E-state index contributed by atoms with van der Waals surface area (Å²) in [6.07, 6.45) is 0. The third-order valence-electron chi connectivity index (χ3n) is 4.76. The second kappa shape index (κ2) is 5.35. The van der Waals surface area contributed by atoms with Gasteiger partial charge < -0.3 is 4.57 Å². The summed E-state index contributed by atoms with van der Waals surface area (Å²) in [4.78, 5) is 0. The molecular weight excluding hydrogens is 306 g/mol. The summed E-state index contributed by atoms with van der Waals surface area (Å²) < 4.78 is 4.29. The second-order valence-electron chi connectivity index (χ2n) is 6.24. The Hall–Kier alpha value is -3.33. The Bertz CT molecular complexity index is 1180. The molecule has 0 unspecified atom stereocenters. The molecule has 2 heterocycles. The molecule has 5 rings (SSSR count). The van der Waals surface area contributed by atoms with Crippen molar-refractivity contribution in [2.75, 3.05) is 0 Å². The molecule has 3 aromatic carbocycles. The van der Waals surface area contributed by atoms with Crippen LogP contribution in [0.5, 0.6) is 0 Å². The number of hydrogen-bond acceptors (Lipinski definition) is 1. The Morgan fingerprint density at radius 3 is 2.12 bits per heavy atom. The number of aromatic nitrogens is 3. The number of aryl methyl sites for hydroxylation is 1. The van der Waals surface area contributed by atoms with Crippen LogP contribution in [-0.2, 0) is 7.05 Å². The number of nitrogens with zero attached hydrogens (tertiary/aromatic N) is 3. The van der Waals surface area contributed by atoms with Crippen LogP contribution in [0.25, 0.3) is 38.9 Å². The number of rotatable bonds is 2. The van der Waals surface area contributed by atoms with Crippen LogP contribution in [0.1, 0.15) is 0 Å². The lowest BCUT2D eigenvalue weighted by Gasteiger charge is -2.05. The average Bonchev–Trinajstić information content (AvgIpc) is 3.21. The Kier molecular flexibility index (Phi) is 3.01. The summed E-state index contributed by atoms with van der Waals surface area (Å²) in [5.41, 5.74) is 5.57. The minimum absolute atomic E-state index is 1.02. The lowest BCUT2D eigenvalue weighted by Crippen LogP contribution is -2.00. The first-order valence-electron chi connectivity index (χ1n) is 8.41. The molecule has 0 aliphatic rings. The third-order valence-corrected chi connectivity index (χ3v) is 4.76. The van der Waals surface area contributed by atoms with E-state index in [0.717, 1.165) is 22.6 Å². The molecule has 0 radical (unpaired) electrons. The van der Waals surface area contributed by atoms with E-state index < -0.39 is 0 Å². The topological polar surface area (TPSA) is 22.8 Å². The van der Waals surface area contributed by atoms with Crippen LogP contribution in [0, 0.1) is 0 Å². The molecule has 3 heteroatoms. The molecular formula is C22H17N3. The summed E-state index contributed by atoms with van der Waals surface area (Å²) in [5.74, 6) is 0. The van der Waals surface area contributed by atoms with Crippen molar-refractivity contribution in [2.24, 2.45) is 7.05 Å². The van der Waals surface area contributed by atoms with E-state index >= 15 is 0 Å². The zero-order chi connectivity index (χ0) is 16.8. The van der Waals surface area contributed by atoms with Crippen LogP contribution < -0.4 is 0 Å². The first-order valence-corrected chi connectivity index (χ1v) is 8.41. The maximum atomic E-state index is 5.00. The first-order chi connectivity index (χ1) is 12.3. The van der Waals surface area contributed by atoms with Gasteiger partial charge in [-0.05, 0) is 18.2 Å². The fourth-order valence-electron chi connectivity index (χ4n) is 3.61. The van der Waals surface area contributed by atoms with Gasteiger partial charge in [-0.3, -0.25) is 0 Å². The van der Waals surface area contributed by atoms with E-state index in [-0.39, 0.29) is 0 Å². The van der Waals surface area contributed by atoms with Crippen LogP contribution in [0.3, 0.4) is 0 Å². The van der Waals surface area contributed by atoms with Crippen molar-refractivity contribution in [2.45, 2.75) is 0 Å². The standard InChI is InChI=1S/C22H17N3/c1-24-19-15-9-8-14-18(19)20-21(16-10-4-2-5-11-16)23-25(22(20)24)17-12-6-3-7-13-17/h2-15H,1H3. The zero-order valence-electron chi connectivity index (χ0n) is 13.9. The quantitative estimate of drug-likeness (QED) is 0.439. The Balaban J connectivity index is 1.97. The van der Waals surface area contributed by atoms with Crippen LogP contribution in [-0.4, -0.2) is 14.3 Å². The highest BCUT2D eigenvalue weighted by molar-refractivity contribution is 6.13. The van der Waals surface area contributed by atoms with Crippen molar-refractivity contribution in [1.82, 2.24) is 14.3 Å². The van der Waals surface area contributed by atoms with E-state index in [9.17, 15) is 0 Å². The molecule has 0 saturated heterocycles. The number of hydrogen-bond donors (Lipinski definition) is 0. The number of benzene rings is 3. The SMILES string of the molecule is Cn1c2ccccc2c2c(-c3ccccc3)nn(-c3ccccc3)c21. The summed E-state index contributed by atoms with van der Waals surface area (Å²) in [6, 6.07) is 29.3. The van der Waals surface area contributed by atoms with Crippen LogP contribution in [0.4, 0.5) is 0 Å². The van der Waals surface area contributed by atoms with Crippen LogP contribution >= 0.6 is 0 Å². The molecule has 0 spiro atoms. The van der Waals surface area contributed by atoms with Crippen molar-refractivity contribution in [1.29, 1.82) is 0 Å². The average molecular weight is 323 g/mol. The van der Waals surface area contributed by atoms with Crippen LogP contribution in [0.2, 0.25) is 0 Å². The van der Waals surface area contributed by atoms with Crippen molar-refractivity contribution in [3.8, 4) is 16.9 Å². The molecule has 0 amide bonds. The normalized spacial score (nSPS) is 11.4. The van der Waals surface area contributed by atoms with Gasteiger partial charge in [0.15, 0.2) is 0 Å². The minimum Gasteiger partial charge on any atom is -0.328 e. The van der Waals surface area contributed by atoms with Gasteiger partial charge >= 0.3 is 0 Å². The van der Waals surface area contributed by atoms with Crippen molar-refractivity contribution in [3.63, 3.8) is 0 Å². The Labute approximate surface area is 145 Å². The molecule has 0 bridgehead atoms. The largest absolute Gasteiger partial charge is 0.328 e. The molecule has 0 fully saturated rings. The predicted octanol–water partition coefficient (Wildman–Crippen LogP) is 5.18. The summed E-state index contributed by atoms with van der Waals surface area (Å²) in [5, 5.41) is 7.44. The lowest BCUT2D eigenvalue weighted by atomic mass is 10.1. The molecule has 3 nitrogen and oxygen atoms in total. The minimum atomic E-state index is 1.02. The number of para-hydroxylation sites is 2. The molecule has 0 aliphatic carbocycles. The first kappa shape index (κ1) is 14.1. The van der Waals surface area contributed by atoms with Gasteiger partial charge in [0.25, 0.3) is 0 Å². The van der Waals surface area contributed by atoms with Crippen molar-refractivity contribution in [3.05, 3.63) is 84.9 Å². The molecule has 0 saturated carbocycles. The maximum Gasteiger partial charge on any atom is 0.145 e. The summed E-state index contributed by atoms with van der Waals surface area (Å²) >= 11 is 0. The fraction of sp³-hybridized carbons (Fsp3) is 0.0455. The van der Waals surface area contributed by atoms with Crippen molar-refractivity contribution >= 4 is 21.9 Å². The monoisotopic (exact) mass is 323 g/mol. The predicted molar refractivity (Wildman–Crippen MR) is 103 cm³/mol. The van der Waals surface area contributed by atoms with E-state index in [1.807, 2.05) is 24.3 Å². The summed E-state index contributed by atoms with van der Waals surface area (Å²) in [6.45, 7) is 0. The molecule has 5 aromatic rings. The van der Waals surface area contributed by atoms with Gasteiger partial charge in [-0.1, -0.05) is 66.7 Å². The van der Waals surface area contributed by atoms with Gasteiger partial charge in [-0.25, -0.2) is 4.68 Å². The lowest BCUT2D eigenvalue weighted by molar-refractivity contribution is 0.858. The van der Waals surface area contributed by atoms with E-state index in [4.69, 9.17) is 5.10 Å². The van der Waals surface area contributed by atoms with Gasteiger partial charge in [0.1, 0.15) is 11.3 Å². The fourth-order valence-corrected chi connectivity index (χ4v) is 3.61. The highest BCUT2D eigenvalue weighted by Gasteiger charge is 2.20. The van der Waals surface area contributed by atoms with E-state index in [1.54, 1.807) is 0 Å². The van der Waals surface area contributed by atoms with E-state index in [1.165, 1.54) is 16.3 Å². The van der Waals surface area contributed by atoms with Gasteiger partial charge in [0.2, 0.25) is 0 Å². The smallest absolute Gasteiger partial charge is 0.145 e. The van der Waals surface area contributed by atoms with Gasteiger partial charge in [0.05, 0.1) is 16.6 Å². The Morgan fingerprint density at radius 1 is 0.720 bits per heavy atom. The second-order valence-corrected chi connectivity index (χ2v) is 6.24. The molecule has 25 heavy (non-hydrogen) atoms. The Morgan fingerprint density at radius 2 is 1.36 bits per heavy atom. The molecule has 120 valence electrons. The van der Waals surface area contributed by atoms with Gasteiger partial charge in [-0.15, -0.1) is 0 Å². The van der Waals surface area contributed by atoms with Gasteiger partial charge in [0, 0.05) is 18.0 Å². The van der Waals surface area contributed by atoms with Crippen molar-refractivity contribution < 1.29 is 0 Å². The summed E-state index contributed by atoms with van der Waals surface area (Å²) in [7, 11) is 2.11. The zero-order valence-corrected chi connectivity index (χ0v) is 13.9. The highest BCUT2D eigenvalue weighted by Crippen LogP contribution is 2.36. The highest BCUT2D eigenvalue weighted by atomic mass is 15.3. The molecule has 0 N–H and O–H groups in total. The van der Waals surface area contributed by atoms with Gasteiger partial charge in [-0.2, -0.15) is 5.10 Å². The van der Waals surface area contributed by atoms with E-state index in [2.05, 4.69) is 77.0 Å².